The smallest absolute Gasteiger partial charge is 0.306 e. The highest BCUT2D eigenvalue weighted by atomic mass is 16.7. The molecule has 0 aromatic rings. The zero-order valence-electron chi connectivity index (χ0n) is 53.2. The zero-order chi connectivity index (χ0) is 58.9. The summed E-state index contributed by atoms with van der Waals surface area (Å²) in [5.41, 5.74) is 0. The maximum Gasteiger partial charge on any atom is 0.306 e. The number of esters is 1. The van der Waals surface area contributed by atoms with Crippen LogP contribution in [-0.2, 0) is 23.8 Å². The first-order valence-corrected chi connectivity index (χ1v) is 35.1. The van der Waals surface area contributed by atoms with E-state index in [0.717, 1.165) is 70.6 Å². The average Bonchev–Trinajstić information content (AvgIpc) is 3.53. The molecule has 8 unspecified atom stereocenters. The van der Waals surface area contributed by atoms with E-state index in [4.69, 9.17) is 14.2 Å². The van der Waals surface area contributed by atoms with Gasteiger partial charge in [0.25, 0.3) is 0 Å². The van der Waals surface area contributed by atoms with Crippen molar-refractivity contribution in [2.75, 3.05) is 13.2 Å². The van der Waals surface area contributed by atoms with E-state index in [0.29, 0.717) is 19.3 Å². The van der Waals surface area contributed by atoms with E-state index in [9.17, 15) is 35.1 Å². The third-order valence-electron chi connectivity index (χ3n) is 16.9. The van der Waals surface area contributed by atoms with E-state index < -0.39 is 67.4 Å². The van der Waals surface area contributed by atoms with Crippen LogP contribution in [0.4, 0.5) is 0 Å². The summed E-state index contributed by atoms with van der Waals surface area (Å²) < 4.78 is 17.7. The molecular weight excluding hydrogens is 1010 g/mol. The molecular formula is C70H133NO10. The van der Waals surface area contributed by atoms with Gasteiger partial charge in [0.15, 0.2) is 12.4 Å². The van der Waals surface area contributed by atoms with Gasteiger partial charge in [-0.1, -0.05) is 315 Å². The number of hydrogen-bond acceptors (Lipinski definition) is 10. The summed E-state index contributed by atoms with van der Waals surface area (Å²) in [5.74, 6) is -1.18. The van der Waals surface area contributed by atoms with Crippen LogP contribution in [0.3, 0.4) is 0 Å². The van der Waals surface area contributed by atoms with Gasteiger partial charge in [-0.15, -0.1) is 0 Å². The number of rotatable bonds is 61. The highest BCUT2D eigenvalue weighted by Crippen LogP contribution is 2.26. The number of carbonyl (C=O) groups is 2. The topological polar surface area (TPSA) is 175 Å². The number of nitrogens with one attached hydrogen (secondary N) is 1. The molecule has 1 aliphatic heterocycles. The molecule has 8 atom stereocenters. The van der Waals surface area contributed by atoms with Gasteiger partial charge in [-0.25, -0.2) is 0 Å². The zero-order valence-corrected chi connectivity index (χ0v) is 53.2. The molecule has 1 heterocycles. The maximum atomic E-state index is 13.5. The standard InChI is InChI=1S/C70H133NO10/c1-4-7-10-13-16-19-22-25-27-28-29-30-31-32-33-34-35-37-39-42-45-48-51-54-57-63(74)69(78)71-61(62(73)56-53-50-47-44-41-38-24-21-18-15-12-9-6-3)60-79-70-68(67(77)66(76)64(59-72)80-70)81-65(75)58-55-52-49-46-43-40-36-26-23-20-17-14-11-8-5-2/h20,23,53,56,61-64,66-68,70,72-74,76-77H,4-19,21-22,24-52,54-55,57-60H2,1-3H3,(H,71,78)/b23-20-,56-53+. The van der Waals surface area contributed by atoms with Gasteiger partial charge < -0.3 is 45.1 Å². The Hall–Kier alpha value is -1.86. The van der Waals surface area contributed by atoms with E-state index >= 15 is 0 Å². The molecule has 0 aliphatic carbocycles. The summed E-state index contributed by atoms with van der Waals surface area (Å²) in [6, 6.07) is -1.02. The Morgan fingerprint density at radius 3 is 1.21 bits per heavy atom. The Kier molecular flexibility index (Phi) is 55.7. The van der Waals surface area contributed by atoms with Crippen molar-refractivity contribution in [1.82, 2.24) is 5.32 Å². The van der Waals surface area contributed by atoms with Gasteiger partial charge in [0, 0.05) is 6.42 Å². The first kappa shape index (κ1) is 77.2. The molecule has 0 aromatic carbocycles. The molecule has 0 radical (unpaired) electrons. The Morgan fingerprint density at radius 1 is 0.469 bits per heavy atom. The normalized spacial score (nSPS) is 18.7. The Morgan fingerprint density at radius 2 is 0.815 bits per heavy atom. The Balaban J connectivity index is 2.57. The van der Waals surface area contributed by atoms with Crippen molar-refractivity contribution in [3.63, 3.8) is 0 Å². The van der Waals surface area contributed by atoms with Gasteiger partial charge in [0.1, 0.15) is 24.4 Å². The molecule has 0 bridgehead atoms. The Labute approximate surface area is 499 Å². The van der Waals surface area contributed by atoms with Gasteiger partial charge in [-0.3, -0.25) is 9.59 Å². The molecule has 0 spiro atoms. The van der Waals surface area contributed by atoms with Crippen molar-refractivity contribution >= 4 is 11.9 Å². The molecule has 11 heteroatoms. The quantitative estimate of drug-likeness (QED) is 0.0195. The third kappa shape index (κ3) is 46.1. The fraction of sp³-hybridized carbons (Fsp3) is 0.914. The van der Waals surface area contributed by atoms with Crippen molar-refractivity contribution in [3.8, 4) is 0 Å². The summed E-state index contributed by atoms with van der Waals surface area (Å²) in [7, 11) is 0. The van der Waals surface area contributed by atoms with Crippen molar-refractivity contribution in [1.29, 1.82) is 0 Å². The first-order valence-electron chi connectivity index (χ1n) is 35.1. The predicted octanol–water partition coefficient (Wildman–Crippen LogP) is 17.6. The largest absolute Gasteiger partial charge is 0.454 e. The number of hydrogen-bond donors (Lipinski definition) is 6. The molecule has 1 saturated heterocycles. The van der Waals surface area contributed by atoms with E-state index in [1.807, 2.05) is 6.08 Å². The minimum absolute atomic E-state index is 0.122. The van der Waals surface area contributed by atoms with Crippen molar-refractivity contribution in [3.05, 3.63) is 24.3 Å². The average molecular weight is 1150 g/mol. The highest BCUT2D eigenvalue weighted by Gasteiger charge is 2.47. The molecule has 1 amide bonds. The van der Waals surface area contributed by atoms with Crippen LogP contribution in [0.2, 0.25) is 0 Å². The minimum Gasteiger partial charge on any atom is -0.454 e. The fourth-order valence-electron chi connectivity index (χ4n) is 11.3. The van der Waals surface area contributed by atoms with E-state index in [1.54, 1.807) is 6.08 Å². The molecule has 11 nitrogen and oxygen atoms in total. The van der Waals surface area contributed by atoms with Crippen LogP contribution in [0.15, 0.2) is 24.3 Å². The van der Waals surface area contributed by atoms with Gasteiger partial charge in [-0.2, -0.15) is 0 Å². The van der Waals surface area contributed by atoms with Crippen molar-refractivity contribution in [2.24, 2.45) is 0 Å². The lowest BCUT2D eigenvalue weighted by Gasteiger charge is -2.41. The third-order valence-corrected chi connectivity index (χ3v) is 16.9. The second-order valence-corrected chi connectivity index (χ2v) is 24.6. The van der Waals surface area contributed by atoms with Crippen molar-refractivity contribution < 1.29 is 49.3 Å². The molecule has 0 saturated carbocycles. The van der Waals surface area contributed by atoms with E-state index in [2.05, 4.69) is 38.2 Å². The molecule has 1 aliphatic rings. The number of unbranched alkanes of at least 4 members (excludes halogenated alkanes) is 45. The number of aliphatic hydroxyl groups excluding tert-OH is 5. The first-order chi connectivity index (χ1) is 39.7. The van der Waals surface area contributed by atoms with Crippen LogP contribution < -0.4 is 5.32 Å². The number of aliphatic hydroxyl groups is 5. The minimum atomic E-state index is -1.61. The molecule has 478 valence electrons. The van der Waals surface area contributed by atoms with Gasteiger partial charge in [0.2, 0.25) is 5.91 Å². The summed E-state index contributed by atoms with van der Waals surface area (Å²) in [5, 5.41) is 57.2. The van der Waals surface area contributed by atoms with Crippen LogP contribution in [0.25, 0.3) is 0 Å². The molecule has 6 N–H and O–H groups in total. The number of allylic oxidation sites excluding steroid dienone is 3. The predicted molar refractivity (Wildman–Crippen MR) is 338 cm³/mol. The van der Waals surface area contributed by atoms with Gasteiger partial charge in [-0.05, 0) is 51.4 Å². The van der Waals surface area contributed by atoms with E-state index in [1.165, 1.54) is 231 Å². The SMILES string of the molecule is CCCCCC/C=C\CCCCCCCCCC(=O)OC1C(OCC(NC(=O)C(O)CCCCCCCCCCCCCCCCCCCCCCCCCC)C(O)/C=C/CCCCCCCCCCCCC)OC(CO)C(O)C1O. The second-order valence-electron chi connectivity index (χ2n) is 24.6. The summed E-state index contributed by atoms with van der Waals surface area (Å²) >= 11 is 0. The summed E-state index contributed by atoms with van der Waals surface area (Å²) in [6.45, 7) is 5.83. The van der Waals surface area contributed by atoms with E-state index in [-0.39, 0.29) is 13.0 Å². The maximum absolute atomic E-state index is 13.5. The van der Waals surface area contributed by atoms with Crippen LogP contribution in [0.1, 0.15) is 348 Å². The lowest BCUT2D eigenvalue weighted by atomic mass is 9.99. The summed E-state index contributed by atoms with van der Waals surface area (Å²) in [4.78, 5) is 26.6. The van der Waals surface area contributed by atoms with Crippen LogP contribution in [0.5, 0.6) is 0 Å². The number of amides is 1. The van der Waals surface area contributed by atoms with Crippen LogP contribution >= 0.6 is 0 Å². The summed E-state index contributed by atoms with van der Waals surface area (Å²) in [6.07, 6.45) is 59.4. The molecule has 81 heavy (non-hydrogen) atoms. The van der Waals surface area contributed by atoms with Gasteiger partial charge >= 0.3 is 5.97 Å². The van der Waals surface area contributed by atoms with Crippen LogP contribution in [-0.4, -0.2) is 99.6 Å². The lowest BCUT2D eigenvalue weighted by Crippen LogP contribution is -2.61. The highest BCUT2D eigenvalue weighted by molar-refractivity contribution is 5.80. The molecule has 0 aromatic heterocycles. The second kappa shape index (κ2) is 58.5. The number of carbonyl (C=O) groups excluding carboxylic acids is 2. The van der Waals surface area contributed by atoms with Gasteiger partial charge in [0.05, 0.1) is 25.4 Å². The molecule has 1 rings (SSSR count). The Bertz CT molecular complexity index is 1410. The van der Waals surface area contributed by atoms with Crippen LogP contribution in [0, 0.1) is 0 Å². The fourth-order valence-corrected chi connectivity index (χ4v) is 11.3. The number of ether oxygens (including phenoxy) is 3. The lowest BCUT2D eigenvalue weighted by molar-refractivity contribution is -0.305. The van der Waals surface area contributed by atoms with Crippen molar-refractivity contribution in [2.45, 2.75) is 397 Å². The monoisotopic (exact) mass is 1150 g/mol. The molecule has 1 fully saturated rings.